The summed E-state index contributed by atoms with van der Waals surface area (Å²) in [6, 6.07) is 27.2. The first-order chi connectivity index (χ1) is 17.1. The second kappa shape index (κ2) is 9.30. The Kier molecular flexibility index (Phi) is 5.89. The molecule has 3 aromatic carbocycles. The Morgan fingerprint density at radius 1 is 0.829 bits per heavy atom. The highest BCUT2D eigenvalue weighted by molar-refractivity contribution is 6.07. The molecule has 0 bridgehead atoms. The van der Waals surface area contributed by atoms with E-state index < -0.39 is 11.9 Å². The maximum Gasteiger partial charge on any atom is 0.357 e. The normalized spacial score (nSPS) is 10.9. The molecule has 0 saturated heterocycles. The Morgan fingerprint density at radius 2 is 1.51 bits per heavy atom. The molecule has 7 nitrogen and oxygen atoms in total. The fourth-order valence-electron chi connectivity index (χ4n) is 4.22. The summed E-state index contributed by atoms with van der Waals surface area (Å²) in [5, 5.41) is 5.67. The summed E-state index contributed by atoms with van der Waals surface area (Å²) in [4.78, 5) is 25.7. The van der Waals surface area contributed by atoms with E-state index >= 15 is 0 Å². The molecule has 35 heavy (non-hydrogen) atoms. The van der Waals surface area contributed by atoms with Crippen molar-refractivity contribution in [3.63, 3.8) is 0 Å². The minimum atomic E-state index is -0.678. The zero-order valence-corrected chi connectivity index (χ0v) is 19.3. The molecule has 0 aliphatic rings. The molecule has 0 atom stereocenters. The van der Waals surface area contributed by atoms with Crippen molar-refractivity contribution >= 4 is 22.8 Å². The standard InChI is InChI=1S/C28H23N3O4/c1-34-27(32)24-25(29-31(26(24)28(33)35-2)22-11-7-4-8-12-22)21-13-14-23-20(17-21)15-16-30(23)18-19-9-5-3-6-10-19/h3-17H,18H2,1-2H3. The summed E-state index contributed by atoms with van der Waals surface area (Å²) in [5.41, 5.74) is 3.99. The van der Waals surface area contributed by atoms with E-state index in [0.29, 0.717) is 16.9 Å². The van der Waals surface area contributed by atoms with Crippen molar-refractivity contribution in [1.82, 2.24) is 14.3 Å². The molecular formula is C28H23N3O4. The Morgan fingerprint density at radius 3 is 2.20 bits per heavy atom. The molecule has 7 heteroatoms. The summed E-state index contributed by atoms with van der Waals surface area (Å²) in [7, 11) is 2.55. The third kappa shape index (κ3) is 4.08. The smallest absolute Gasteiger partial charge is 0.357 e. The Bertz CT molecular complexity index is 1520. The van der Waals surface area contributed by atoms with Gasteiger partial charge in [0, 0.05) is 29.2 Å². The molecule has 0 fully saturated rings. The van der Waals surface area contributed by atoms with Gasteiger partial charge in [-0.2, -0.15) is 5.10 Å². The monoisotopic (exact) mass is 465 g/mol. The Balaban J connectivity index is 1.66. The average Bonchev–Trinajstić information content (AvgIpc) is 3.50. The number of esters is 2. The minimum Gasteiger partial charge on any atom is -0.465 e. The van der Waals surface area contributed by atoms with Crippen LogP contribution in [0.3, 0.4) is 0 Å². The van der Waals surface area contributed by atoms with Gasteiger partial charge in [-0.25, -0.2) is 14.3 Å². The van der Waals surface area contributed by atoms with E-state index in [2.05, 4.69) is 21.8 Å². The van der Waals surface area contributed by atoms with Crippen molar-refractivity contribution < 1.29 is 19.1 Å². The second-order valence-corrected chi connectivity index (χ2v) is 8.01. The summed E-state index contributed by atoms with van der Waals surface area (Å²) >= 11 is 0. The predicted molar refractivity (Wildman–Crippen MR) is 133 cm³/mol. The third-order valence-electron chi connectivity index (χ3n) is 5.89. The van der Waals surface area contributed by atoms with Crippen molar-refractivity contribution in [2.24, 2.45) is 0 Å². The molecule has 5 rings (SSSR count). The number of ether oxygens (including phenoxy) is 2. The van der Waals surface area contributed by atoms with Gasteiger partial charge >= 0.3 is 11.9 Å². The zero-order valence-electron chi connectivity index (χ0n) is 19.3. The number of hydrogen-bond acceptors (Lipinski definition) is 5. The van der Waals surface area contributed by atoms with E-state index in [1.165, 1.54) is 24.5 Å². The van der Waals surface area contributed by atoms with Crippen LogP contribution in [-0.2, 0) is 16.0 Å². The highest BCUT2D eigenvalue weighted by atomic mass is 16.5. The number of rotatable bonds is 6. The van der Waals surface area contributed by atoms with Crippen LogP contribution >= 0.6 is 0 Å². The molecule has 0 unspecified atom stereocenters. The van der Waals surface area contributed by atoms with Crippen molar-refractivity contribution in [1.29, 1.82) is 0 Å². The van der Waals surface area contributed by atoms with Crippen molar-refractivity contribution in [3.05, 3.63) is 108 Å². The van der Waals surface area contributed by atoms with E-state index in [9.17, 15) is 9.59 Å². The number of fused-ring (bicyclic) bond motifs is 1. The van der Waals surface area contributed by atoms with Crippen molar-refractivity contribution in [2.45, 2.75) is 6.54 Å². The van der Waals surface area contributed by atoms with Gasteiger partial charge in [-0.15, -0.1) is 0 Å². The molecule has 0 aliphatic heterocycles. The van der Waals surface area contributed by atoms with Crippen LogP contribution in [0.4, 0.5) is 0 Å². The maximum atomic E-state index is 12.9. The van der Waals surface area contributed by atoms with Crippen LogP contribution in [0.1, 0.15) is 26.4 Å². The van der Waals surface area contributed by atoms with Gasteiger partial charge in [0.25, 0.3) is 0 Å². The van der Waals surface area contributed by atoms with Crippen LogP contribution in [0.15, 0.2) is 91.1 Å². The number of carbonyl (C=O) groups is 2. The van der Waals surface area contributed by atoms with Gasteiger partial charge in [-0.05, 0) is 35.9 Å². The van der Waals surface area contributed by atoms with Crippen LogP contribution < -0.4 is 0 Å². The first-order valence-corrected chi connectivity index (χ1v) is 11.1. The molecule has 0 aliphatic carbocycles. The lowest BCUT2D eigenvalue weighted by Gasteiger charge is -2.07. The lowest BCUT2D eigenvalue weighted by Crippen LogP contribution is -2.15. The lowest BCUT2D eigenvalue weighted by molar-refractivity contribution is 0.0549. The molecule has 174 valence electrons. The quantitative estimate of drug-likeness (QED) is 0.326. The van der Waals surface area contributed by atoms with Crippen LogP contribution in [0.25, 0.3) is 27.8 Å². The fourth-order valence-corrected chi connectivity index (χ4v) is 4.22. The van der Waals surface area contributed by atoms with E-state index in [1.54, 1.807) is 12.1 Å². The average molecular weight is 466 g/mol. The first kappa shape index (κ1) is 22.2. The van der Waals surface area contributed by atoms with E-state index in [0.717, 1.165) is 17.4 Å². The minimum absolute atomic E-state index is 0.0160. The van der Waals surface area contributed by atoms with E-state index in [4.69, 9.17) is 9.47 Å². The summed E-state index contributed by atoms with van der Waals surface area (Å²) in [5.74, 6) is -1.34. The van der Waals surface area contributed by atoms with Gasteiger partial charge in [0.1, 0.15) is 11.3 Å². The predicted octanol–water partition coefficient (Wildman–Crippen LogP) is 5.12. The molecule has 0 N–H and O–H groups in total. The summed E-state index contributed by atoms with van der Waals surface area (Å²) in [6.45, 7) is 0.742. The first-order valence-electron chi connectivity index (χ1n) is 11.1. The highest BCUT2D eigenvalue weighted by Crippen LogP contribution is 2.31. The molecule has 0 spiro atoms. The number of methoxy groups -OCH3 is 2. The SMILES string of the molecule is COC(=O)c1c(-c2ccc3c(ccn3Cc3ccccc3)c2)nn(-c2ccccc2)c1C(=O)OC. The van der Waals surface area contributed by atoms with Gasteiger partial charge in [0.15, 0.2) is 5.69 Å². The molecule has 0 amide bonds. The summed E-state index contributed by atoms with van der Waals surface area (Å²) in [6.07, 6.45) is 2.03. The number of benzene rings is 3. The fraction of sp³-hybridized carbons (Fsp3) is 0.107. The third-order valence-corrected chi connectivity index (χ3v) is 5.89. The highest BCUT2D eigenvalue weighted by Gasteiger charge is 2.31. The Hall–Kier alpha value is -4.65. The number of hydrogen-bond donors (Lipinski definition) is 0. The van der Waals surface area contributed by atoms with Gasteiger partial charge in [-0.1, -0.05) is 54.6 Å². The zero-order chi connectivity index (χ0) is 24.4. The Labute approximate surface area is 202 Å². The van der Waals surface area contributed by atoms with Gasteiger partial charge in [0.05, 0.1) is 19.9 Å². The second-order valence-electron chi connectivity index (χ2n) is 8.01. The molecule has 0 radical (unpaired) electrons. The maximum absolute atomic E-state index is 12.9. The molecule has 2 heterocycles. The molecule has 0 saturated carbocycles. The molecular weight excluding hydrogens is 442 g/mol. The van der Waals surface area contributed by atoms with Crippen LogP contribution in [-0.4, -0.2) is 40.5 Å². The van der Waals surface area contributed by atoms with Gasteiger partial charge in [-0.3, -0.25) is 0 Å². The van der Waals surface area contributed by atoms with Gasteiger partial charge < -0.3 is 14.0 Å². The largest absolute Gasteiger partial charge is 0.465 e. The summed E-state index contributed by atoms with van der Waals surface area (Å²) < 4.78 is 13.6. The van der Waals surface area contributed by atoms with E-state index in [1.807, 2.05) is 66.9 Å². The topological polar surface area (TPSA) is 75.4 Å². The van der Waals surface area contributed by atoms with Crippen molar-refractivity contribution in [3.8, 4) is 16.9 Å². The number of nitrogens with zero attached hydrogens (tertiary/aromatic N) is 3. The van der Waals surface area contributed by atoms with Crippen LogP contribution in [0.5, 0.6) is 0 Å². The lowest BCUT2D eigenvalue weighted by atomic mass is 10.0. The number of para-hydroxylation sites is 1. The van der Waals surface area contributed by atoms with Crippen molar-refractivity contribution in [2.75, 3.05) is 14.2 Å². The van der Waals surface area contributed by atoms with Crippen LogP contribution in [0, 0.1) is 0 Å². The van der Waals surface area contributed by atoms with E-state index in [-0.39, 0.29) is 11.3 Å². The van der Waals surface area contributed by atoms with Gasteiger partial charge in [0.2, 0.25) is 0 Å². The molecule has 2 aromatic heterocycles. The molecule has 5 aromatic rings. The van der Waals surface area contributed by atoms with Crippen LogP contribution in [0.2, 0.25) is 0 Å². The number of carbonyl (C=O) groups excluding carboxylic acids is 2. The number of aromatic nitrogens is 3.